The van der Waals surface area contributed by atoms with E-state index in [1.165, 1.54) is 35.8 Å². The van der Waals surface area contributed by atoms with Crippen LogP contribution in [0, 0.1) is 5.82 Å². The molecule has 1 aromatic carbocycles. The molecule has 0 aliphatic carbocycles. The number of benzene rings is 1. The Bertz CT molecular complexity index is 1110. The number of fused-ring (bicyclic) bond motifs is 1. The van der Waals surface area contributed by atoms with Crippen molar-refractivity contribution in [2.75, 3.05) is 43.5 Å². The first-order valence-corrected chi connectivity index (χ1v) is 12.5. The fourth-order valence-electron chi connectivity index (χ4n) is 4.62. The van der Waals surface area contributed by atoms with Crippen LogP contribution in [0.5, 0.6) is 5.75 Å². The first-order chi connectivity index (χ1) is 16.0. The van der Waals surface area contributed by atoms with Crippen molar-refractivity contribution < 1.29 is 9.13 Å². The number of halogens is 1. The molecule has 2 aliphatic heterocycles. The summed E-state index contributed by atoms with van der Waals surface area (Å²) in [7, 11) is 2.18. The second-order valence-electron chi connectivity index (χ2n) is 9.16. The minimum atomic E-state index is -0.346. The van der Waals surface area contributed by atoms with Gasteiger partial charge >= 0.3 is 0 Å². The van der Waals surface area contributed by atoms with Crippen LogP contribution in [0.15, 0.2) is 35.8 Å². The van der Waals surface area contributed by atoms with Crippen molar-refractivity contribution in [1.82, 2.24) is 14.9 Å². The monoisotopic (exact) mass is 467 g/mol. The Morgan fingerprint density at radius 3 is 2.73 bits per heavy atom. The van der Waals surface area contributed by atoms with E-state index in [-0.39, 0.29) is 11.9 Å². The number of ether oxygens (including phenoxy) is 1. The van der Waals surface area contributed by atoms with Crippen molar-refractivity contribution in [1.29, 1.82) is 0 Å². The van der Waals surface area contributed by atoms with E-state index in [9.17, 15) is 4.39 Å². The van der Waals surface area contributed by atoms with Crippen LogP contribution < -0.4 is 15.0 Å². The summed E-state index contributed by atoms with van der Waals surface area (Å²) in [5.41, 5.74) is 3.58. The lowest BCUT2D eigenvalue weighted by molar-refractivity contribution is 0.255. The Labute approximate surface area is 198 Å². The van der Waals surface area contributed by atoms with Crippen LogP contribution in [0.3, 0.4) is 0 Å². The van der Waals surface area contributed by atoms with Crippen molar-refractivity contribution in [3.05, 3.63) is 47.2 Å². The Kier molecular flexibility index (Phi) is 6.21. The van der Waals surface area contributed by atoms with Crippen LogP contribution in [0.25, 0.3) is 11.3 Å². The van der Waals surface area contributed by atoms with Crippen molar-refractivity contribution in [2.24, 2.45) is 0 Å². The van der Waals surface area contributed by atoms with Crippen LogP contribution in [-0.4, -0.2) is 54.2 Å². The van der Waals surface area contributed by atoms with E-state index in [1.807, 2.05) is 23.7 Å². The molecule has 33 heavy (non-hydrogen) atoms. The standard InChI is InChI=1S/C25H30FN5OS/c1-16(2)31-10-11-32-24-20(26)12-19(13-22(24)31)21-15-33-25(28-21)29-23-5-4-18(14-27-23)17-6-8-30(3)9-7-17/h4-5,12-17H,6-11H2,1-3H3,(H,27,28,29). The van der Waals surface area contributed by atoms with Gasteiger partial charge in [0.1, 0.15) is 12.4 Å². The third-order valence-corrected chi connectivity index (χ3v) is 7.30. The summed E-state index contributed by atoms with van der Waals surface area (Å²) in [5.74, 6) is 1.34. The summed E-state index contributed by atoms with van der Waals surface area (Å²) in [6, 6.07) is 7.93. The smallest absolute Gasteiger partial charge is 0.188 e. The van der Waals surface area contributed by atoms with Gasteiger partial charge < -0.3 is 19.9 Å². The molecule has 8 heteroatoms. The Hall–Kier alpha value is -2.71. The first-order valence-electron chi connectivity index (χ1n) is 11.6. The summed E-state index contributed by atoms with van der Waals surface area (Å²) in [4.78, 5) is 13.9. The minimum Gasteiger partial charge on any atom is -0.486 e. The number of aromatic nitrogens is 2. The lowest BCUT2D eigenvalue weighted by atomic mass is 9.91. The highest BCUT2D eigenvalue weighted by Gasteiger charge is 2.25. The molecule has 0 amide bonds. The van der Waals surface area contributed by atoms with Gasteiger partial charge in [-0.15, -0.1) is 11.3 Å². The van der Waals surface area contributed by atoms with Gasteiger partial charge in [-0.2, -0.15) is 0 Å². The van der Waals surface area contributed by atoms with E-state index >= 15 is 0 Å². The van der Waals surface area contributed by atoms with Gasteiger partial charge in [-0.25, -0.2) is 14.4 Å². The number of hydrogen-bond acceptors (Lipinski definition) is 7. The third-order valence-electron chi connectivity index (χ3n) is 6.55. The molecule has 1 N–H and O–H groups in total. The number of likely N-dealkylation sites (tertiary alicyclic amines) is 1. The van der Waals surface area contributed by atoms with Gasteiger partial charge in [-0.1, -0.05) is 6.07 Å². The maximum Gasteiger partial charge on any atom is 0.188 e. The van der Waals surface area contributed by atoms with E-state index in [0.717, 1.165) is 47.5 Å². The molecule has 4 heterocycles. The molecule has 2 aromatic heterocycles. The molecule has 6 nitrogen and oxygen atoms in total. The van der Waals surface area contributed by atoms with Crippen LogP contribution in [0.1, 0.15) is 38.2 Å². The van der Waals surface area contributed by atoms with Crippen molar-refractivity contribution >= 4 is 28.0 Å². The van der Waals surface area contributed by atoms with Crippen LogP contribution in [0.4, 0.5) is 21.0 Å². The zero-order chi connectivity index (χ0) is 22.9. The molecule has 0 atom stereocenters. The molecule has 3 aromatic rings. The molecule has 0 radical (unpaired) electrons. The summed E-state index contributed by atoms with van der Waals surface area (Å²) in [6.07, 6.45) is 4.33. The molecule has 1 fully saturated rings. The SMILES string of the molecule is CC(C)N1CCOc2c(F)cc(-c3csc(Nc4ccc(C5CCN(C)CC5)cn4)n3)cc21. The number of piperidine rings is 1. The Morgan fingerprint density at radius 1 is 1.18 bits per heavy atom. The number of nitrogens with one attached hydrogen (secondary N) is 1. The van der Waals surface area contributed by atoms with Crippen LogP contribution >= 0.6 is 11.3 Å². The quantitative estimate of drug-likeness (QED) is 0.534. The number of nitrogens with zero attached hydrogens (tertiary/aromatic N) is 4. The van der Waals surface area contributed by atoms with Gasteiger partial charge in [0.2, 0.25) is 0 Å². The number of pyridine rings is 1. The van der Waals surface area contributed by atoms with Gasteiger partial charge in [-0.05, 0) is 76.5 Å². The molecule has 2 aliphatic rings. The lowest BCUT2D eigenvalue weighted by Crippen LogP contribution is -2.38. The largest absolute Gasteiger partial charge is 0.486 e. The third kappa shape index (κ3) is 4.68. The highest BCUT2D eigenvalue weighted by molar-refractivity contribution is 7.14. The van der Waals surface area contributed by atoms with E-state index < -0.39 is 0 Å². The maximum atomic E-state index is 14.8. The van der Waals surface area contributed by atoms with Crippen LogP contribution in [-0.2, 0) is 0 Å². The molecule has 5 rings (SSSR count). The van der Waals surface area contributed by atoms with Gasteiger partial charge in [0.15, 0.2) is 16.7 Å². The number of thiazole rings is 1. The average Bonchev–Trinajstić information content (AvgIpc) is 3.28. The number of hydrogen-bond donors (Lipinski definition) is 1. The van der Waals surface area contributed by atoms with E-state index in [2.05, 4.69) is 47.1 Å². The summed E-state index contributed by atoms with van der Waals surface area (Å²) in [5, 5.41) is 5.97. The molecular weight excluding hydrogens is 437 g/mol. The zero-order valence-corrected chi connectivity index (χ0v) is 20.2. The molecule has 0 spiro atoms. The first kappa shape index (κ1) is 22.1. The van der Waals surface area contributed by atoms with E-state index in [0.29, 0.717) is 18.3 Å². The fourth-order valence-corrected chi connectivity index (χ4v) is 5.35. The van der Waals surface area contributed by atoms with Crippen molar-refractivity contribution in [3.63, 3.8) is 0 Å². The predicted molar refractivity (Wildman–Crippen MR) is 132 cm³/mol. The summed E-state index contributed by atoms with van der Waals surface area (Å²) in [6.45, 7) is 7.73. The highest BCUT2D eigenvalue weighted by atomic mass is 32.1. The van der Waals surface area contributed by atoms with Crippen LogP contribution in [0.2, 0.25) is 0 Å². The molecule has 0 unspecified atom stereocenters. The van der Waals surface area contributed by atoms with Gasteiger partial charge in [0.05, 0.1) is 17.9 Å². The van der Waals surface area contributed by atoms with E-state index in [4.69, 9.17) is 9.72 Å². The second kappa shape index (κ2) is 9.27. The predicted octanol–water partition coefficient (Wildman–Crippen LogP) is 5.50. The average molecular weight is 468 g/mol. The zero-order valence-electron chi connectivity index (χ0n) is 19.3. The van der Waals surface area contributed by atoms with Gasteiger partial charge in [-0.3, -0.25) is 0 Å². The van der Waals surface area contributed by atoms with Gasteiger partial charge in [0, 0.05) is 23.2 Å². The lowest BCUT2D eigenvalue weighted by Gasteiger charge is -2.34. The topological polar surface area (TPSA) is 53.5 Å². The van der Waals surface area contributed by atoms with E-state index in [1.54, 1.807) is 0 Å². The van der Waals surface area contributed by atoms with Gasteiger partial charge in [0.25, 0.3) is 0 Å². The second-order valence-corrected chi connectivity index (χ2v) is 10.0. The summed E-state index contributed by atoms with van der Waals surface area (Å²) < 4.78 is 20.4. The Morgan fingerprint density at radius 2 is 2.00 bits per heavy atom. The van der Waals surface area contributed by atoms with Crippen molar-refractivity contribution in [3.8, 4) is 17.0 Å². The molecular formula is C25H30FN5OS. The Balaban J connectivity index is 1.32. The molecule has 1 saturated heterocycles. The highest BCUT2D eigenvalue weighted by Crippen LogP contribution is 2.40. The minimum absolute atomic E-state index is 0.263. The number of rotatable bonds is 5. The number of anilines is 3. The molecule has 0 bridgehead atoms. The molecule has 0 saturated carbocycles. The van der Waals surface area contributed by atoms with Crippen molar-refractivity contribution in [2.45, 2.75) is 38.6 Å². The molecule has 174 valence electrons. The normalized spacial score (nSPS) is 17.2. The maximum absolute atomic E-state index is 14.8. The fraction of sp³-hybridized carbons (Fsp3) is 0.440. The summed E-state index contributed by atoms with van der Waals surface area (Å²) >= 11 is 1.49.